The molecule has 0 saturated heterocycles. The van der Waals surface area contributed by atoms with Crippen molar-refractivity contribution < 1.29 is 0 Å². The minimum atomic E-state index is 0.471. The third-order valence-corrected chi connectivity index (χ3v) is 2.93. The van der Waals surface area contributed by atoms with Crippen molar-refractivity contribution in [3.05, 3.63) is 33.8 Å². The minimum Gasteiger partial charge on any atom is -0.308 e. The van der Waals surface area contributed by atoms with Crippen LogP contribution in [0.1, 0.15) is 24.0 Å². The molecule has 15 heavy (non-hydrogen) atoms. The molecule has 0 aliphatic heterocycles. The van der Waals surface area contributed by atoms with Crippen molar-refractivity contribution in [1.29, 1.82) is 0 Å². The first-order valence-corrected chi connectivity index (χ1v) is 5.81. The average molecular weight is 268 g/mol. The maximum absolute atomic E-state index is 5.50. The number of halogens is 1. The van der Waals surface area contributed by atoms with Crippen LogP contribution in [-0.4, -0.2) is 11.9 Å². The van der Waals surface area contributed by atoms with E-state index in [4.69, 9.17) is 5.84 Å². The Kier molecular flexibility index (Phi) is 3.07. The summed E-state index contributed by atoms with van der Waals surface area (Å²) in [6.45, 7) is 2.06. The minimum absolute atomic E-state index is 0.471. The molecule has 1 aliphatic carbocycles. The Morgan fingerprint density at radius 3 is 2.80 bits per heavy atom. The van der Waals surface area contributed by atoms with Gasteiger partial charge in [-0.1, -0.05) is 15.9 Å². The van der Waals surface area contributed by atoms with Crippen LogP contribution in [0.2, 0.25) is 0 Å². The van der Waals surface area contributed by atoms with Crippen molar-refractivity contribution in [2.75, 3.05) is 0 Å². The van der Waals surface area contributed by atoms with Crippen molar-refractivity contribution in [3.63, 3.8) is 0 Å². The fraction of sp³-hybridized carbons (Fsp3) is 0.364. The van der Waals surface area contributed by atoms with Gasteiger partial charge in [0.2, 0.25) is 0 Å². The first kappa shape index (κ1) is 10.6. The van der Waals surface area contributed by atoms with E-state index in [-0.39, 0.29) is 0 Å². The number of aliphatic imine (C=N–C) groups is 1. The van der Waals surface area contributed by atoms with Crippen LogP contribution >= 0.6 is 15.9 Å². The lowest BCUT2D eigenvalue weighted by atomic mass is 10.1. The van der Waals surface area contributed by atoms with E-state index in [0.29, 0.717) is 6.04 Å². The largest absolute Gasteiger partial charge is 0.308 e. The molecule has 4 heteroatoms. The Labute approximate surface area is 97.9 Å². The number of hydrogen-bond donors (Lipinski definition) is 2. The SMILES string of the molecule is Cc1cc(Br)ccc1C(=NC1CC1)NN. The molecular weight excluding hydrogens is 254 g/mol. The molecule has 1 aliphatic rings. The topological polar surface area (TPSA) is 50.4 Å². The molecule has 0 heterocycles. The molecule has 1 aromatic rings. The van der Waals surface area contributed by atoms with Crippen molar-refractivity contribution in [3.8, 4) is 0 Å². The fourth-order valence-electron chi connectivity index (χ4n) is 1.46. The van der Waals surface area contributed by atoms with Crippen LogP contribution in [0.3, 0.4) is 0 Å². The molecule has 80 valence electrons. The molecular formula is C11H14BrN3. The zero-order valence-electron chi connectivity index (χ0n) is 8.63. The van der Waals surface area contributed by atoms with Crippen LogP contribution in [0.15, 0.2) is 27.7 Å². The van der Waals surface area contributed by atoms with Gasteiger partial charge in [-0.2, -0.15) is 0 Å². The normalized spacial score (nSPS) is 16.6. The second kappa shape index (κ2) is 4.33. The lowest BCUT2D eigenvalue weighted by Gasteiger charge is -2.09. The molecule has 0 aromatic heterocycles. The molecule has 0 bridgehead atoms. The molecule has 0 spiro atoms. The summed E-state index contributed by atoms with van der Waals surface area (Å²) >= 11 is 3.44. The molecule has 0 radical (unpaired) electrons. The highest BCUT2D eigenvalue weighted by atomic mass is 79.9. The van der Waals surface area contributed by atoms with E-state index in [1.807, 2.05) is 12.1 Å². The maximum atomic E-state index is 5.50. The van der Waals surface area contributed by atoms with Crippen LogP contribution in [0.5, 0.6) is 0 Å². The Morgan fingerprint density at radius 2 is 2.27 bits per heavy atom. The summed E-state index contributed by atoms with van der Waals surface area (Å²) in [5.74, 6) is 6.29. The van der Waals surface area contributed by atoms with E-state index in [1.165, 1.54) is 18.4 Å². The summed E-state index contributed by atoms with van der Waals surface area (Å²) in [6.07, 6.45) is 2.36. The molecule has 1 saturated carbocycles. The second-order valence-corrected chi connectivity index (χ2v) is 4.73. The molecule has 1 aromatic carbocycles. The summed E-state index contributed by atoms with van der Waals surface area (Å²) < 4.78 is 1.08. The van der Waals surface area contributed by atoms with Gasteiger partial charge in [0, 0.05) is 10.0 Å². The number of benzene rings is 1. The predicted molar refractivity (Wildman–Crippen MR) is 65.8 cm³/mol. The lowest BCUT2D eigenvalue weighted by molar-refractivity contribution is 0.969. The molecule has 3 nitrogen and oxygen atoms in total. The standard InChI is InChI=1S/C11H14BrN3/c1-7-6-8(12)2-5-10(7)11(15-13)14-9-3-4-9/h2,5-6,9H,3-4,13H2,1H3,(H,14,15). The summed E-state index contributed by atoms with van der Waals surface area (Å²) in [6, 6.07) is 6.57. The molecule has 0 atom stereocenters. The van der Waals surface area contributed by atoms with Gasteiger partial charge in [-0.05, 0) is 43.5 Å². The van der Waals surface area contributed by atoms with E-state index in [1.54, 1.807) is 0 Å². The molecule has 0 amide bonds. The van der Waals surface area contributed by atoms with Crippen molar-refractivity contribution in [1.82, 2.24) is 5.43 Å². The first-order chi connectivity index (χ1) is 7.20. The van der Waals surface area contributed by atoms with E-state index in [2.05, 4.69) is 39.3 Å². The quantitative estimate of drug-likeness (QED) is 0.373. The predicted octanol–water partition coefficient (Wildman–Crippen LogP) is 2.13. The number of rotatable bonds is 2. The van der Waals surface area contributed by atoms with Gasteiger partial charge in [-0.3, -0.25) is 4.99 Å². The molecule has 2 rings (SSSR count). The van der Waals surface area contributed by atoms with Crippen molar-refractivity contribution >= 4 is 21.8 Å². The van der Waals surface area contributed by atoms with Gasteiger partial charge >= 0.3 is 0 Å². The van der Waals surface area contributed by atoms with Crippen LogP contribution in [-0.2, 0) is 0 Å². The Bertz CT molecular complexity index is 397. The molecule has 0 unspecified atom stereocenters. The second-order valence-electron chi connectivity index (χ2n) is 3.81. The maximum Gasteiger partial charge on any atom is 0.143 e. The van der Waals surface area contributed by atoms with Crippen LogP contribution in [0.4, 0.5) is 0 Å². The average Bonchev–Trinajstić information content (AvgIpc) is 2.99. The van der Waals surface area contributed by atoms with Gasteiger partial charge in [0.1, 0.15) is 5.84 Å². The van der Waals surface area contributed by atoms with E-state index < -0.39 is 0 Å². The number of amidine groups is 1. The highest BCUT2D eigenvalue weighted by Gasteiger charge is 2.21. The Morgan fingerprint density at radius 1 is 1.53 bits per heavy atom. The third kappa shape index (κ3) is 2.58. The van der Waals surface area contributed by atoms with Gasteiger partial charge in [-0.25, -0.2) is 5.84 Å². The number of hydrazine groups is 1. The number of aryl methyl sites for hydroxylation is 1. The van der Waals surface area contributed by atoms with Crippen molar-refractivity contribution in [2.24, 2.45) is 10.8 Å². The summed E-state index contributed by atoms with van der Waals surface area (Å²) in [5.41, 5.74) is 4.93. The van der Waals surface area contributed by atoms with Crippen molar-refractivity contribution in [2.45, 2.75) is 25.8 Å². The highest BCUT2D eigenvalue weighted by molar-refractivity contribution is 9.10. The summed E-state index contributed by atoms with van der Waals surface area (Å²) in [4.78, 5) is 4.53. The number of nitrogens with one attached hydrogen (secondary N) is 1. The van der Waals surface area contributed by atoms with E-state index in [0.717, 1.165) is 15.9 Å². The summed E-state index contributed by atoms with van der Waals surface area (Å²) in [5, 5.41) is 0. The van der Waals surface area contributed by atoms with Gasteiger partial charge in [-0.15, -0.1) is 0 Å². The van der Waals surface area contributed by atoms with Gasteiger partial charge in [0.25, 0.3) is 0 Å². The number of hydrogen-bond acceptors (Lipinski definition) is 2. The fourth-order valence-corrected chi connectivity index (χ4v) is 1.94. The molecule has 1 fully saturated rings. The smallest absolute Gasteiger partial charge is 0.143 e. The Balaban J connectivity index is 2.33. The monoisotopic (exact) mass is 267 g/mol. The van der Waals surface area contributed by atoms with E-state index >= 15 is 0 Å². The number of nitrogens with zero attached hydrogens (tertiary/aromatic N) is 1. The van der Waals surface area contributed by atoms with E-state index in [9.17, 15) is 0 Å². The zero-order valence-corrected chi connectivity index (χ0v) is 10.2. The molecule has 3 N–H and O–H groups in total. The van der Waals surface area contributed by atoms with Crippen LogP contribution in [0.25, 0.3) is 0 Å². The Hall–Kier alpha value is -0.870. The summed E-state index contributed by atoms with van der Waals surface area (Å²) in [7, 11) is 0. The zero-order chi connectivity index (χ0) is 10.8. The van der Waals surface area contributed by atoms with Gasteiger partial charge < -0.3 is 5.43 Å². The number of nitrogens with two attached hydrogens (primary N) is 1. The van der Waals surface area contributed by atoms with Crippen LogP contribution < -0.4 is 11.3 Å². The highest BCUT2D eigenvalue weighted by Crippen LogP contribution is 2.25. The first-order valence-electron chi connectivity index (χ1n) is 5.01. The van der Waals surface area contributed by atoms with Gasteiger partial charge in [0.05, 0.1) is 6.04 Å². The van der Waals surface area contributed by atoms with Gasteiger partial charge in [0.15, 0.2) is 0 Å². The van der Waals surface area contributed by atoms with Crippen LogP contribution in [0, 0.1) is 6.92 Å². The lowest BCUT2D eigenvalue weighted by Crippen LogP contribution is -2.32. The third-order valence-electron chi connectivity index (χ3n) is 2.44.